The van der Waals surface area contributed by atoms with E-state index in [0.29, 0.717) is 33.9 Å². The maximum absolute atomic E-state index is 12.3. The lowest BCUT2D eigenvalue weighted by molar-refractivity contribution is -0.129. The Morgan fingerprint density at radius 1 is 0.939 bits per heavy atom. The van der Waals surface area contributed by atoms with E-state index < -0.39 is 5.97 Å². The minimum absolute atomic E-state index is 0.124. The number of cyclic esters (lactones) is 1. The van der Waals surface area contributed by atoms with Crippen LogP contribution in [0.2, 0.25) is 0 Å². The number of carbonyl (C=O) groups is 2. The zero-order chi connectivity index (χ0) is 23.2. The number of ether oxygens (including phenoxy) is 4. The van der Waals surface area contributed by atoms with Gasteiger partial charge in [0, 0.05) is 11.1 Å². The van der Waals surface area contributed by atoms with Gasteiger partial charge in [0.15, 0.2) is 29.6 Å². The van der Waals surface area contributed by atoms with E-state index in [0.717, 1.165) is 0 Å². The molecule has 7 heteroatoms. The second-order valence-corrected chi connectivity index (χ2v) is 7.06. The summed E-state index contributed by atoms with van der Waals surface area (Å²) < 4.78 is 21.6. The highest BCUT2D eigenvalue weighted by atomic mass is 16.6. The Morgan fingerprint density at radius 3 is 2.52 bits per heavy atom. The molecule has 1 heterocycles. The molecule has 0 N–H and O–H groups in total. The molecule has 3 aromatic rings. The number of nitrogens with zero attached hydrogens (tertiary/aromatic N) is 1. The molecule has 0 atom stereocenters. The van der Waals surface area contributed by atoms with Crippen LogP contribution in [0.25, 0.3) is 6.08 Å². The van der Waals surface area contributed by atoms with Gasteiger partial charge in [-0.05, 0) is 42.0 Å². The van der Waals surface area contributed by atoms with Gasteiger partial charge >= 0.3 is 5.97 Å². The molecule has 0 spiro atoms. The van der Waals surface area contributed by atoms with Gasteiger partial charge in [-0.15, -0.1) is 0 Å². The minimum Gasteiger partial charge on any atom is -0.497 e. The first kappa shape index (κ1) is 21.8. The topological polar surface area (TPSA) is 83.4 Å². The molecular weight excluding hydrogens is 422 g/mol. The average molecular weight is 443 g/mol. The zero-order valence-electron chi connectivity index (χ0n) is 18.1. The van der Waals surface area contributed by atoms with Crippen LogP contribution in [-0.2, 0) is 9.53 Å². The average Bonchev–Trinajstić information content (AvgIpc) is 3.23. The molecule has 0 aliphatic carbocycles. The number of rotatable bonds is 8. The quantitative estimate of drug-likeness (QED) is 0.293. The van der Waals surface area contributed by atoms with Crippen LogP contribution < -0.4 is 14.2 Å². The van der Waals surface area contributed by atoms with E-state index in [-0.39, 0.29) is 24.0 Å². The molecule has 0 saturated carbocycles. The Bertz CT molecular complexity index is 1250. The minimum atomic E-state index is -0.555. The van der Waals surface area contributed by atoms with Gasteiger partial charge in [-0.3, -0.25) is 4.79 Å². The molecule has 1 aliphatic heterocycles. The number of esters is 1. The smallest absolute Gasteiger partial charge is 0.363 e. The van der Waals surface area contributed by atoms with Gasteiger partial charge in [0.1, 0.15) is 5.75 Å². The Kier molecular flexibility index (Phi) is 6.50. The van der Waals surface area contributed by atoms with E-state index in [2.05, 4.69) is 4.99 Å². The van der Waals surface area contributed by atoms with E-state index in [1.165, 1.54) is 7.11 Å². The number of hydrogen-bond donors (Lipinski definition) is 0. The van der Waals surface area contributed by atoms with Crippen molar-refractivity contribution in [1.82, 2.24) is 0 Å². The maximum Gasteiger partial charge on any atom is 0.363 e. The highest BCUT2D eigenvalue weighted by molar-refractivity contribution is 6.13. The number of methoxy groups -OCH3 is 2. The van der Waals surface area contributed by atoms with Gasteiger partial charge in [0.25, 0.3) is 0 Å². The van der Waals surface area contributed by atoms with Gasteiger partial charge in [-0.1, -0.05) is 42.5 Å². The van der Waals surface area contributed by atoms with E-state index >= 15 is 0 Å². The third-order valence-corrected chi connectivity index (χ3v) is 4.88. The number of benzene rings is 3. The van der Waals surface area contributed by atoms with Crippen LogP contribution >= 0.6 is 0 Å². The summed E-state index contributed by atoms with van der Waals surface area (Å²) in [5.41, 5.74) is 2.02. The summed E-state index contributed by atoms with van der Waals surface area (Å²) in [5.74, 6) is 0.982. The van der Waals surface area contributed by atoms with Gasteiger partial charge in [0.2, 0.25) is 5.90 Å². The van der Waals surface area contributed by atoms with Crippen molar-refractivity contribution in [3.8, 4) is 17.2 Å². The Hall–Kier alpha value is -4.39. The van der Waals surface area contributed by atoms with Crippen molar-refractivity contribution in [2.75, 3.05) is 20.8 Å². The van der Waals surface area contributed by atoms with Crippen LogP contribution in [0.1, 0.15) is 21.5 Å². The summed E-state index contributed by atoms with van der Waals surface area (Å²) in [5, 5.41) is 0. The predicted octanol–water partition coefficient (Wildman–Crippen LogP) is 4.31. The highest BCUT2D eigenvalue weighted by Crippen LogP contribution is 2.30. The summed E-state index contributed by atoms with van der Waals surface area (Å²) in [6.07, 6.45) is 1.59. The first-order chi connectivity index (χ1) is 16.1. The SMILES string of the molecule is COc1cccc(C2=N/C(=C\c3ccc(OCC(=O)c4ccccc4)c(OC)c3)C(=O)O2)c1. The predicted molar refractivity (Wildman–Crippen MR) is 123 cm³/mol. The molecule has 0 unspecified atom stereocenters. The van der Waals surface area contributed by atoms with E-state index in [1.807, 2.05) is 6.07 Å². The largest absolute Gasteiger partial charge is 0.497 e. The Labute approximate surface area is 190 Å². The molecule has 3 aromatic carbocycles. The van der Waals surface area contributed by atoms with Crippen molar-refractivity contribution in [1.29, 1.82) is 0 Å². The summed E-state index contributed by atoms with van der Waals surface area (Å²) in [6.45, 7) is -0.124. The van der Waals surface area contributed by atoms with Crippen LogP contribution in [0.3, 0.4) is 0 Å². The summed E-state index contributed by atoms with van der Waals surface area (Å²) in [4.78, 5) is 28.9. The molecule has 33 heavy (non-hydrogen) atoms. The second kappa shape index (κ2) is 9.82. The molecular formula is C26H21NO6. The summed E-state index contributed by atoms with van der Waals surface area (Å²) in [7, 11) is 3.06. The van der Waals surface area contributed by atoms with Gasteiger partial charge in [0.05, 0.1) is 14.2 Å². The number of aliphatic imine (C=N–C) groups is 1. The monoisotopic (exact) mass is 443 g/mol. The molecule has 0 bridgehead atoms. The van der Waals surface area contributed by atoms with E-state index in [9.17, 15) is 9.59 Å². The second-order valence-electron chi connectivity index (χ2n) is 7.06. The molecule has 0 radical (unpaired) electrons. The fraction of sp³-hybridized carbons (Fsp3) is 0.115. The van der Waals surface area contributed by atoms with Gasteiger partial charge < -0.3 is 18.9 Å². The number of carbonyl (C=O) groups excluding carboxylic acids is 2. The molecule has 0 aromatic heterocycles. The lowest BCUT2D eigenvalue weighted by Crippen LogP contribution is -2.11. The van der Waals surface area contributed by atoms with Crippen molar-refractivity contribution < 1.29 is 28.5 Å². The highest BCUT2D eigenvalue weighted by Gasteiger charge is 2.24. The lowest BCUT2D eigenvalue weighted by atomic mass is 10.1. The zero-order valence-corrected chi connectivity index (χ0v) is 18.1. The summed E-state index contributed by atoms with van der Waals surface area (Å²) in [6, 6.07) is 21.1. The number of ketones is 1. The number of Topliss-reactive ketones (excluding diaryl/α,β-unsaturated/α-hetero) is 1. The number of hydrogen-bond acceptors (Lipinski definition) is 7. The van der Waals surface area contributed by atoms with Crippen LogP contribution in [0.15, 0.2) is 83.5 Å². The fourth-order valence-corrected chi connectivity index (χ4v) is 3.19. The van der Waals surface area contributed by atoms with Crippen LogP contribution in [-0.4, -0.2) is 38.5 Å². The summed E-state index contributed by atoms with van der Waals surface area (Å²) >= 11 is 0. The lowest BCUT2D eigenvalue weighted by Gasteiger charge is -2.11. The first-order valence-electron chi connectivity index (χ1n) is 10.1. The van der Waals surface area contributed by atoms with Crippen molar-refractivity contribution in [2.24, 2.45) is 4.99 Å². The first-order valence-corrected chi connectivity index (χ1v) is 10.1. The molecule has 4 rings (SSSR count). The van der Waals surface area contributed by atoms with Gasteiger partial charge in [-0.25, -0.2) is 9.79 Å². The van der Waals surface area contributed by atoms with E-state index in [1.54, 1.807) is 79.9 Å². The fourth-order valence-electron chi connectivity index (χ4n) is 3.19. The molecule has 166 valence electrons. The molecule has 0 amide bonds. The Balaban J connectivity index is 1.51. The third-order valence-electron chi connectivity index (χ3n) is 4.88. The van der Waals surface area contributed by atoms with Crippen LogP contribution in [0.4, 0.5) is 0 Å². The molecule has 7 nitrogen and oxygen atoms in total. The van der Waals surface area contributed by atoms with Crippen LogP contribution in [0.5, 0.6) is 17.2 Å². The third kappa shape index (κ3) is 5.10. The van der Waals surface area contributed by atoms with Crippen molar-refractivity contribution in [2.45, 2.75) is 0 Å². The van der Waals surface area contributed by atoms with Crippen LogP contribution in [0, 0.1) is 0 Å². The Morgan fingerprint density at radius 2 is 1.76 bits per heavy atom. The molecule has 0 fully saturated rings. The standard InChI is InChI=1S/C26H21NO6/c1-30-20-10-6-9-19(15-20)25-27-21(26(29)33-25)13-17-11-12-23(24(14-17)31-2)32-16-22(28)18-7-4-3-5-8-18/h3-15H,16H2,1-2H3/b21-13-. The van der Waals surface area contributed by atoms with Crippen molar-refractivity contribution in [3.05, 3.63) is 95.2 Å². The normalized spacial score (nSPS) is 13.9. The van der Waals surface area contributed by atoms with Crippen molar-refractivity contribution >= 4 is 23.7 Å². The van der Waals surface area contributed by atoms with Gasteiger partial charge in [-0.2, -0.15) is 0 Å². The van der Waals surface area contributed by atoms with E-state index in [4.69, 9.17) is 18.9 Å². The molecule has 1 aliphatic rings. The maximum atomic E-state index is 12.3. The molecule has 0 saturated heterocycles. The van der Waals surface area contributed by atoms with Crippen molar-refractivity contribution in [3.63, 3.8) is 0 Å².